The molecule has 0 saturated carbocycles. The van der Waals surface area contributed by atoms with Crippen molar-refractivity contribution in [2.75, 3.05) is 0 Å². The van der Waals surface area contributed by atoms with E-state index in [-0.39, 0.29) is 6.04 Å². The molecular formula is C12H16BrNO2. The van der Waals surface area contributed by atoms with E-state index >= 15 is 0 Å². The van der Waals surface area contributed by atoms with Crippen molar-refractivity contribution < 1.29 is 9.90 Å². The molecule has 0 aliphatic heterocycles. The monoisotopic (exact) mass is 285 g/mol. The van der Waals surface area contributed by atoms with E-state index in [4.69, 9.17) is 5.11 Å². The van der Waals surface area contributed by atoms with Crippen LogP contribution in [0.5, 0.6) is 0 Å². The van der Waals surface area contributed by atoms with Gasteiger partial charge in [0, 0.05) is 10.5 Å². The van der Waals surface area contributed by atoms with E-state index in [2.05, 4.69) is 21.2 Å². The van der Waals surface area contributed by atoms with Crippen LogP contribution in [-0.4, -0.2) is 17.1 Å². The van der Waals surface area contributed by atoms with E-state index in [1.807, 2.05) is 38.1 Å². The quantitative estimate of drug-likeness (QED) is 0.875. The van der Waals surface area contributed by atoms with Crippen molar-refractivity contribution in [3.63, 3.8) is 0 Å². The van der Waals surface area contributed by atoms with E-state index in [9.17, 15) is 4.79 Å². The topological polar surface area (TPSA) is 49.3 Å². The Morgan fingerprint density at radius 1 is 1.44 bits per heavy atom. The number of hydrogen-bond donors (Lipinski definition) is 2. The van der Waals surface area contributed by atoms with Gasteiger partial charge < -0.3 is 5.11 Å². The standard InChI is InChI=1S/C12H16BrNO2/c1-3-11(12(15)16)14-8(2)9-4-6-10(13)7-5-9/h4-8,11,14H,3H2,1-2H3,(H,15,16)/t8-,11?/m1/s1. The third kappa shape index (κ3) is 3.61. The summed E-state index contributed by atoms with van der Waals surface area (Å²) in [6, 6.07) is 7.42. The molecule has 0 amide bonds. The van der Waals surface area contributed by atoms with Gasteiger partial charge in [0.2, 0.25) is 0 Å². The number of carboxylic acids is 1. The molecule has 0 bridgehead atoms. The molecular weight excluding hydrogens is 270 g/mol. The zero-order chi connectivity index (χ0) is 12.1. The normalized spacial score (nSPS) is 14.4. The van der Waals surface area contributed by atoms with Crippen molar-refractivity contribution in [3.05, 3.63) is 34.3 Å². The molecule has 0 aliphatic carbocycles. The Morgan fingerprint density at radius 3 is 2.44 bits per heavy atom. The summed E-state index contributed by atoms with van der Waals surface area (Å²) in [5.74, 6) is -0.800. The second kappa shape index (κ2) is 6.01. The molecule has 1 rings (SSSR count). The van der Waals surface area contributed by atoms with Crippen LogP contribution in [0.1, 0.15) is 31.9 Å². The molecule has 0 aromatic heterocycles. The summed E-state index contributed by atoms with van der Waals surface area (Å²) in [6.45, 7) is 3.83. The van der Waals surface area contributed by atoms with E-state index in [1.165, 1.54) is 0 Å². The Balaban J connectivity index is 2.67. The second-order valence-corrected chi connectivity index (χ2v) is 4.65. The molecule has 0 aliphatic rings. The van der Waals surface area contributed by atoms with Gasteiger partial charge in [-0.25, -0.2) is 0 Å². The molecule has 2 atom stereocenters. The number of carboxylic acid groups (broad SMARTS) is 1. The summed E-state index contributed by atoms with van der Waals surface area (Å²) in [7, 11) is 0. The van der Waals surface area contributed by atoms with Crippen molar-refractivity contribution in [3.8, 4) is 0 Å². The number of halogens is 1. The molecule has 0 fully saturated rings. The Kier molecular flexibility index (Phi) is 4.96. The van der Waals surface area contributed by atoms with Crippen LogP contribution in [0.25, 0.3) is 0 Å². The number of carbonyl (C=O) groups is 1. The van der Waals surface area contributed by atoms with E-state index in [0.29, 0.717) is 6.42 Å². The predicted molar refractivity (Wildman–Crippen MR) is 67.4 cm³/mol. The zero-order valence-electron chi connectivity index (χ0n) is 9.40. The first-order valence-corrected chi connectivity index (χ1v) is 6.08. The summed E-state index contributed by atoms with van der Waals surface area (Å²) < 4.78 is 1.02. The molecule has 3 nitrogen and oxygen atoms in total. The molecule has 4 heteroatoms. The molecule has 1 aromatic carbocycles. The van der Waals surface area contributed by atoms with Crippen LogP contribution in [0.3, 0.4) is 0 Å². The van der Waals surface area contributed by atoms with Gasteiger partial charge in [-0.05, 0) is 31.0 Å². The second-order valence-electron chi connectivity index (χ2n) is 3.74. The van der Waals surface area contributed by atoms with Crippen LogP contribution in [0.2, 0.25) is 0 Å². The number of nitrogens with one attached hydrogen (secondary N) is 1. The minimum absolute atomic E-state index is 0.0362. The van der Waals surface area contributed by atoms with E-state index in [0.717, 1.165) is 10.0 Å². The maximum absolute atomic E-state index is 10.9. The number of rotatable bonds is 5. The maximum atomic E-state index is 10.9. The van der Waals surface area contributed by atoms with Gasteiger partial charge in [0.25, 0.3) is 0 Å². The molecule has 88 valence electrons. The third-order valence-corrected chi connectivity index (χ3v) is 3.06. The van der Waals surface area contributed by atoms with Gasteiger partial charge in [-0.3, -0.25) is 10.1 Å². The number of benzene rings is 1. The Hall–Kier alpha value is -0.870. The Labute approximate surface area is 104 Å². The van der Waals surface area contributed by atoms with Gasteiger partial charge in [0.15, 0.2) is 0 Å². The summed E-state index contributed by atoms with van der Waals surface area (Å²) >= 11 is 3.37. The highest BCUT2D eigenvalue weighted by molar-refractivity contribution is 9.10. The Morgan fingerprint density at radius 2 is 2.00 bits per heavy atom. The van der Waals surface area contributed by atoms with Crippen LogP contribution in [0, 0.1) is 0 Å². The van der Waals surface area contributed by atoms with Crippen LogP contribution >= 0.6 is 15.9 Å². The lowest BCUT2D eigenvalue weighted by Crippen LogP contribution is -2.37. The van der Waals surface area contributed by atoms with Gasteiger partial charge in [0.05, 0.1) is 0 Å². The first-order valence-electron chi connectivity index (χ1n) is 5.29. The first kappa shape index (κ1) is 13.2. The molecule has 0 saturated heterocycles. The molecule has 16 heavy (non-hydrogen) atoms. The average molecular weight is 286 g/mol. The fraction of sp³-hybridized carbons (Fsp3) is 0.417. The number of aliphatic carboxylic acids is 1. The summed E-state index contributed by atoms with van der Waals surface area (Å²) in [6.07, 6.45) is 0.580. The first-order chi connectivity index (χ1) is 7.54. The highest BCUT2D eigenvalue weighted by Gasteiger charge is 2.17. The molecule has 0 radical (unpaired) electrons. The van der Waals surface area contributed by atoms with Gasteiger partial charge in [-0.2, -0.15) is 0 Å². The lowest BCUT2D eigenvalue weighted by Gasteiger charge is -2.19. The minimum Gasteiger partial charge on any atom is -0.480 e. The van der Waals surface area contributed by atoms with Crippen molar-refractivity contribution in [2.45, 2.75) is 32.4 Å². The van der Waals surface area contributed by atoms with E-state index < -0.39 is 12.0 Å². The van der Waals surface area contributed by atoms with Gasteiger partial charge in [-0.15, -0.1) is 0 Å². The van der Waals surface area contributed by atoms with Crippen LogP contribution in [0.15, 0.2) is 28.7 Å². The van der Waals surface area contributed by atoms with Crippen molar-refractivity contribution in [2.24, 2.45) is 0 Å². The van der Waals surface area contributed by atoms with Gasteiger partial charge >= 0.3 is 5.97 Å². The molecule has 0 spiro atoms. The highest BCUT2D eigenvalue weighted by Crippen LogP contribution is 2.17. The lowest BCUT2D eigenvalue weighted by molar-refractivity contribution is -0.139. The molecule has 0 heterocycles. The SMILES string of the molecule is CCC(N[C@H](C)c1ccc(Br)cc1)C(=O)O. The maximum Gasteiger partial charge on any atom is 0.320 e. The van der Waals surface area contributed by atoms with Crippen LogP contribution in [-0.2, 0) is 4.79 Å². The average Bonchev–Trinajstić information content (AvgIpc) is 2.26. The van der Waals surface area contributed by atoms with Crippen LogP contribution in [0.4, 0.5) is 0 Å². The lowest BCUT2D eigenvalue weighted by atomic mass is 10.1. The summed E-state index contributed by atoms with van der Waals surface area (Å²) in [5, 5.41) is 12.0. The van der Waals surface area contributed by atoms with Crippen molar-refractivity contribution in [1.29, 1.82) is 0 Å². The fourth-order valence-corrected chi connectivity index (χ4v) is 1.78. The highest BCUT2D eigenvalue weighted by atomic mass is 79.9. The molecule has 1 aromatic rings. The largest absolute Gasteiger partial charge is 0.480 e. The number of hydrogen-bond acceptors (Lipinski definition) is 2. The van der Waals surface area contributed by atoms with Crippen molar-refractivity contribution >= 4 is 21.9 Å². The van der Waals surface area contributed by atoms with Crippen molar-refractivity contribution in [1.82, 2.24) is 5.32 Å². The third-order valence-electron chi connectivity index (χ3n) is 2.53. The molecule has 1 unspecified atom stereocenters. The summed E-state index contributed by atoms with van der Waals surface area (Å²) in [4.78, 5) is 10.9. The Bertz CT molecular complexity index is 351. The molecule has 2 N–H and O–H groups in total. The summed E-state index contributed by atoms with van der Waals surface area (Å²) in [5.41, 5.74) is 1.09. The van der Waals surface area contributed by atoms with E-state index in [1.54, 1.807) is 0 Å². The minimum atomic E-state index is -0.800. The van der Waals surface area contributed by atoms with Gasteiger partial charge in [-0.1, -0.05) is 35.0 Å². The van der Waals surface area contributed by atoms with Gasteiger partial charge in [0.1, 0.15) is 6.04 Å². The predicted octanol–water partition coefficient (Wildman–Crippen LogP) is 2.96. The fourth-order valence-electron chi connectivity index (χ4n) is 1.51. The smallest absolute Gasteiger partial charge is 0.320 e. The van der Waals surface area contributed by atoms with Crippen LogP contribution < -0.4 is 5.32 Å². The zero-order valence-corrected chi connectivity index (χ0v) is 11.0.